The van der Waals surface area contributed by atoms with Crippen molar-refractivity contribution in [2.24, 2.45) is 0 Å². The number of thioether (sulfide) groups is 1. The van der Waals surface area contributed by atoms with Crippen LogP contribution in [0.4, 0.5) is 0 Å². The lowest BCUT2D eigenvalue weighted by atomic mass is 10.0. The lowest BCUT2D eigenvalue weighted by molar-refractivity contribution is 0.459. The van der Waals surface area contributed by atoms with Gasteiger partial charge in [0.05, 0.1) is 11.5 Å². The van der Waals surface area contributed by atoms with E-state index in [1.807, 2.05) is 30.2 Å². The Bertz CT molecular complexity index is 406. The van der Waals surface area contributed by atoms with E-state index in [1.165, 1.54) is 11.1 Å². The lowest BCUT2D eigenvalue weighted by Crippen LogP contribution is -2.03. The van der Waals surface area contributed by atoms with Gasteiger partial charge in [0.1, 0.15) is 5.75 Å². The molecule has 2 heteroatoms. The summed E-state index contributed by atoms with van der Waals surface area (Å²) in [7, 11) is 0. The standard InChI is InChI=1S/C11H8OS/c1-2-4-10-9(3-1)11-8(7-12-10)5-6-13-11/h1-7,11H. The molecule has 0 fully saturated rings. The van der Waals surface area contributed by atoms with Crippen molar-refractivity contribution < 1.29 is 4.74 Å². The predicted octanol–water partition coefficient (Wildman–Crippen LogP) is 3.26. The zero-order valence-electron chi connectivity index (χ0n) is 6.94. The number of hydrogen-bond donors (Lipinski definition) is 0. The number of allylic oxidation sites excluding steroid dienone is 1. The first kappa shape index (κ1) is 7.27. The van der Waals surface area contributed by atoms with Gasteiger partial charge in [0.2, 0.25) is 0 Å². The maximum absolute atomic E-state index is 5.51. The number of benzene rings is 1. The summed E-state index contributed by atoms with van der Waals surface area (Å²) in [6.45, 7) is 0. The molecule has 0 aromatic heterocycles. The normalized spacial score (nSPS) is 23.1. The molecule has 0 bridgehead atoms. The minimum absolute atomic E-state index is 0.463. The van der Waals surface area contributed by atoms with Crippen LogP contribution in [0, 0.1) is 0 Å². The summed E-state index contributed by atoms with van der Waals surface area (Å²) in [4.78, 5) is 0. The second kappa shape index (κ2) is 2.67. The van der Waals surface area contributed by atoms with Crippen molar-refractivity contribution in [1.29, 1.82) is 0 Å². The quantitative estimate of drug-likeness (QED) is 0.618. The van der Waals surface area contributed by atoms with Crippen LogP contribution in [0.5, 0.6) is 5.75 Å². The van der Waals surface area contributed by atoms with Crippen molar-refractivity contribution in [2.75, 3.05) is 0 Å². The number of hydrogen-bond acceptors (Lipinski definition) is 2. The molecule has 1 aromatic rings. The van der Waals surface area contributed by atoms with E-state index in [1.54, 1.807) is 0 Å². The summed E-state index contributed by atoms with van der Waals surface area (Å²) in [5, 5.41) is 2.59. The Labute approximate surface area is 81.1 Å². The van der Waals surface area contributed by atoms with Crippen LogP contribution in [0.2, 0.25) is 0 Å². The predicted molar refractivity (Wildman–Crippen MR) is 54.6 cm³/mol. The molecule has 0 amide bonds. The summed E-state index contributed by atoms with van der Waals surface area (Å²) >= 11 is 1.84. The van der Waals surface area contributed by atoms with Gasteiger partial charge in [-0.15, -0.1) is 11.8 Å². The maximum Gasteiger partial charge on any atom is 0.131 e. The monoisotopic (exact) mass is 188 g/mol. The molecule has 2 heterocycles. The van der Waals surface area contributed by atoms with Crippen molar-refractivity contribution >= 4 is 11.8 Å². The van der Waals surface area contributed by atoms with Gasteiger partial charge in [-0.1, -0.05) is 18.2 Å². The molecule has 13 heavy (non-hydrogen) atoms. The van der Waals surface area contributed by atoms with E-state index in [4.69, 9.17) is 4.74 Å². The third-order valence-electron chi connectivity index (χ3n) is 2.30. The Morgan fingerprint density at radius 1 is 1.23 bits per heavy atom. The third kappa shape index (κ3) is 1.02. The molecule has 1 unspecified atom stereocenters. The molecule has 0 spiro atoms. The summed E-state index contributed by atoms with van der Waals surface area (Å²) in [6, 6.07) is 8.21. The molecule has 1 nitrogen and oxygen atoms in total. The van der Waals surface area contributed by atoms with Crippen molar-refractivity contribution in [3.63, 3.8) is 0 Å². The first-order chi connectivity index (χ1) is 6.45. The van der Waals surface area contributed by atoms with Gasteiger partial charge in [-0.25, -0.2) is 0 Å². The largest absolute Gasteiger partial charge is 0.464 e. The Morgan fingerprint density at radius 2 is 2.15 bits per heavy atom. The lowest BCUT2D eigenvalue weighted by Gasteiger charge is -2.20. The minimum Gasteiger partial charge on any atom is -0.464 e. The molecule has 0 saturated carbocycles. The second-order valence-electron chi connectivity index (χ2n) is 3.09. The van der Waals surface area contributed by atoms with Crippen LogP contribution in [0.25, 0.3) is 0 Å². The first-order valence-corrected chi connectivity index (χ1v) is 5.17. The van der Waals surface area contributed by atoms with Crippen molar-refractivity contribution in [3.05, 3.63) is 53.1 Å². The van der Waals surface area contributed by atoms with Gasteiger partial charge in [-0.2, -0.15) is 0 Å². The molecule has 2 aliphatic rings. The minimum atomic E-state index is 0.463. The molecule has 3 rings (SSSR count). The molecular weight excluding hydrogens is 180 g/mol. The van der Waals surface area contributed by atoms with E-state index in [0.717, 1.165) is 5.75 Å². The zero-order chi connectivity index (χ0) is 8.67. The first-order valence-electron chi connectivity index (χ1n) is 4.23. The average molecular weight is 188 g/mol. The van der Waals surface area contributed by atoms with Gasteiger partial charge in [-0.3, -0.25) is 0 Å². The molecule has 64 valence electrons. The Balaban J connectivity index is 2.14. The molecule has 0 saturated heterocycles. The fourth-order valence-corrected chi connectivity index (χ4v) is 2.68. The average Bonchev–Trinajstić information content (AvgIpc) is 2.65. The van der Waals surface area contributed by atoms with Crippen molar-refractivity contribution in [1.82, 2.24) is 0 Å². The Hall–Kier alpha value is -1.15. The smallest absolute Gasteiger partial charge is 0.131 e. The fourth-order valence-electron chi connectivity index (χ4n) is 1.65. The van der Waals surface area contributed by atoms with Crippen molar-refractivity contribution in [3.8, 4) is 5.75 Å². The highest BCUT2D eigenvalue weighted by atomic mass is 32.2. The van der Waals surface area contributed by atoms with Crippen LogP contribution in [0.15, 0.2) is 47.6 Å². The van der Waals surface area contributed by atoms with E-state index >= 15 is 0 Å². The van der Waals surface area contributed by atoms with Crippen LogP contribution in [0.3, 0.4) is 0 Å². The Morgan fingerprint density at radius 3 is 3.15 bits per heavy atom. The molecule has 0 N–H and O–H groups in total. The highest BCUT2D eigenvalue weighted by Crippen LogP contribution is 2.47. The molecule has 0 radical (unpaired) electrons. The summed E-state index contributed by atoms with van der Waals surface area (Å²) in [5.41, 5.74) is 2.55. The van der Waals surface area contributed by atoms with Gasteiger partial charge < -0.3 is 4.74 Å². The van der Waals surface area contributed by atoms with Crippen LogP contribution in [0.1, 0.15) is 10.8 Å². The van der Waals surface area contributed by atoms with E-state index in [9.17, 15) is 0 Å². The van der Waals surface area contributed by atoms with Gasteiger partial charge in [0.15, 0.2) is 0 Å². The topological polar surface area (TPSA) is 9.23 Å². The third-order valence-corrected chi connectivity index (χ3v) is 3.39. The van der Waals surface area contributed by atoms with Crippen LogP contribution in [-0.4, -0.2) is 0 Å². The van der Waals surface area contributed by atoms with Gasteiger partial charge in [0.25, 0.3) is 0 Å². The highest BCUT2D eigenvalue weighted by Gasteiger charge is 2.25. The summed E-state index contributed by atoms with van der Waals surface area (Å²) in [5.74, 6) is 0.993. The fraction of sp³-hybridized carbons (Fsp3) is 0.0909. The number of fused-ring (bicyclic) bond motifs is 3. The van der Waals surface area contributed by atoms with Crippen LogP contribution < -0.4 is 4.74 Å². The number of ether oxygens (including phenoxy) is 1. The maximum atomic E-state index is 5.51. The Kier molecular flexibility index (Phi) is 1.49. The van der Waals surface area contributed by atoms with E-state index in [2.05, 4.69) is 23.6 Å². The van der Waals surface area contributed by atoms with E-state index in [0.29, 0.717) is 5.25 Å². The number of rotatable bonds is 0. The molecule has 0 aliphatic carbocycles. The summed E-state index contributed by atoms with van der Waals surface area (Å²) in [6.07, 6.45) is 3.97. The van der Waals surface area contributed by atoms with Crippen LogP contribution >= 0.6 is 11.8 Å². The van der Waals surface area contributed by atoms with Gasteiger partial charge >= 0.3 is 0 Å². The number of para-hydroxylation sites is 1. The molecule has 1 aromatic carbocycles. The summed E-state index contributed by atoms with van der Waals surface area (Å²) < 4.78 is 5.51. The second-order valence-corrected chi connectivity index (χ2v) is 4.11. The molecular formula is C11H8OS. The SMILES string of the molecule is C1=CC2=COc3ccccc3C2S1. The van der Waals surface area contributed by atoms with Crippen LogP contribution in [-0.2, 0) is 0 Å². The van der Waals surface area contributed by atoms with E-state index < -0.39 is 0 Å². The van der Waals surface area contributed by atoms with Crippen molar-refractivity contribution in [2.45, 2.75) is 5.25 Å². The van der Waals surface area contributed by atoms with Gasteiger partial charge in [0, 0.05) is 11.1 Å². The highest BCUT2D eigenvalue weighted by molar-refractivity contribution is 8.02. The molecule has 1 atom stereocenters. The van der Waals surface area contributed by atoms with Gasteiger partial charge in [-0.05, 0) is 17.6 Å². The molecule has 2 aliphatic heterocycles. The van der Waals surface area contributed by atoms with E-state index in [-0.39, 0.29) is 0 Å². The zero-order valence-corrected chi connectivity index (χ0v) is 7.75.